The molecule has 2 aromatic carbocycles. The van der Waals surface area contributed by atoms with Crippen LogP contribution in [0.25, 0.3) is 0 Å². The molecular formula is C25H32Cl2N2O4. The molecule has 0 fully saturated rings. The van der Waals surface area contributed by atoms with Crippen molar-refractivity contribution >= 4 is 35.0 Å². The van der Waals surface area contributed by atoms with Crippen molar-refractivity contribution in [3.05, 3.63) is 57.6 Å². The fraction of sp³-hybridized carbons (Fsp3) is 0.440. The minimum Gasteiger partial charge on any atom is -0.493 e. The monoisotopic (exact) mass is 494 g/mol. The summed E-state index contributed by atoms with van der Waals surface area (Å²) < 4.78 is 10.6. The number of carbonyl (C=O) groups is 2. The van der Waals surface area contributed by atoms with E-state index in [4.69, 9.17) is 32.7 Å². The highest BCUT2D eigenvalue weighted by Gasteiger charge is 2.29. The van der Waals surface area contributed by atoms with E-state index in [-0.39, 0.29) is 30.8 Å². The molecule has 33 heavy (non-hydrogen) atoms. The van der Waals surface area contributed by atoms with Crippen LogP contribution in [-0.4, -0.2) is 43.0 Å². The van der Waals surface area contributed by atoms with E-state index in [2.05, 4.69) is 5.32 Å². The fourth-order valence-corrected chi connectivity index (χ4v) is 4.03. The smallest absolute Gasteiger partial charge is 0.243 e. The quantitative estimate of drug-likeness (QED) is 0.461. The van der Waals surface area contributed by atoms with Crippen LogP contribution in [0.15, 0.2) is 36.4 Å². The summed E-state index contributed by atoms with van der Waals surface area (Å²) in [6.45, 7) is 5.89. The van der Waals surface area contributed by atoms with Crippen LogP contribution in [0.2, 0.25) is 10.0 Å². The summed E-state index contributed by atoms with van der Waals surface area (Å²) in [5, 5.41) is 3.89. The molecule has 0 aliphatic heterocycles. The van der Waals surface area contributed by atoms with E-state index >= 15 is 0 Å². The Morgan fingerprint density at radius 3 is 2.30 bits per heavy atom. The first-order valence-electron chi connectivity index (χ1n) is 10.9. The van der Waals surface area contributed by atoms with Crippen molar-refractivity contribution in [2.45, 2.75) is 58.7 Å². The highest BCUT2D eigenvalue weighted by Crippen LogP contribution is 2.28. The summed E-state index contributed by atoms with van der Waals surface area (Å²) in [4.78, 5) is 27.9. The molecule has 0 aromatic heterocycles. The minimum absolute atomic E-state index is 0.0330. The molecule has 0 saturated heterocycles. The van der Waals surface area contributed by atoms with Gasteiger partial charge in [-0.2, -0.15) is 0 Å². The molecule has 0 aliphatic rings. The molecule has 1 unspecified atom stereocenters. The Kier molecular flexibility index (Phi) is 10.3. The van der Waals surface area contributed by atoms with Gasteiger partial charge in [0.2, 0.25) is 11.8 Å². The summed E-state index contributed by atoms with van der Waals surface area (Å²) in [7, 11) is 3.15. The topological polar surface area (TPSA) is 67.9 Å². The third-order valence-electron chi connectivity index (χ3n) is 5.25. The summed E-state index contributed by atoms with van der Waals surface area (Å²) in [6.07, 6.45) is 1.20. The molecule has 0 heterocycles. The number of nitrogens with one attached hydrogen (secondary N) is 1. The van der Waals surface area contributed by atoms with Gasteiger partial charge in [-0.25, -0.2) is 0 Å². The van der Waals surface area contributed by atoms with Gasteiger partial charge in [-0.05, 0) is 62.1 Å². The van der Waals surface area contributed by atoms with Crippen LogP contribution in [0.5, 0.6) is 11.5 Å². The molecule has 180 valence electrons. The van der Waals surface area contributed by atoms with Gasteiger partial charge in [-0.15, -0.1) is 0 Å². The molecule has 0 radical (unpaired) electrons. The van der Waals surface area contributed by atoms with Crippen molar-refractivity contribution in [2.24, 2.45) is 0 Å². The first kappa shape index (κ1) is 26.8. The predicted molar refractivity (Wildman–Crippen MR) is 132 cm³/mol. The number of amides is 2. The van der Waals surface area contributed by atoms with Gasteiger partial charge >= 0.3 is 0 Å². The number of methoxy groups -OCH3 is 2. The number of benzene rings is 2. The van der Waals surface area contributed by atoms with Crippen molar-refractivity contribution in [3.8, 4) is 11.5 Å². The summed E-state index contributed by atoms with van der Waals surface area (Å²) >= 11 is 12.4. The number of ether oxygens (including phenoxy) is 2. The minimum atomic E-state index is -0.614. The van der Waals surface area contributed by atoms with E-state index in [1.165, 1.54) is 0 Å². The van der Waals surface area contributed by atoms with Crippen molar-refractivity contribution < 1.29 is 19.1 Å². The molecule has 6 nitrogen and oxygen atoms in total. The Bertz CT molecular complexity index is 965. The lowest BCUT2D eigenvalue weighted by molar-refractivity contribution is -0.141. The molecule has 0 spiro atoms. The number of hydrogen-bond acceptors (Lipinski definition) is 4. The second kappa shape index (κ2) is 12.7. The van der Waals surface area contributed by atoms with Gasteiger partial charge in [0.05, 0.1) is 14.2 Å². The van der Waals surface area contributed by atoms with Gasteiger partial charge in [-0.3, -0.25) is 9.59 Å². The molecule has 0 aliphatic carbocycles. The van der Waals surface area contributed by atoms with Crippen LogP contribution in [0.4, 0.5) is 0 Å². The largest absolute Gasteiger partial charge is 0.493 e. The third kappa shape index (κ3) is 7.54. The lowest BCUT2D eigenvalue weighted by atomic mass is 10.1. The molecule has 2 aromatic rings. The van der Waals surface area contributed by atoms with Crippen LogP contribution < -0.4 is 14.8 Å². The Hall–Kier alpha value is -2.44. The second-order valence-electron chi connectivity index (χ2n) is 8.03. The maximum Gasteiger partial charge on any atom is 0.243 e. The average Bonchev–Trinajstić information content (AvgIpc) is 2.77. The van der Waals surface area contributed by atoms with Gasteiger partial charge in [-0.1, -0.05) is 42.3 Å². The first-order chi connectivity index (χ1) is 15.7. The summed E-state index contributed by atoms with van der Waals surface area (Å²) in [5.41, 5.74) is 1.67. The van der Waals surface area contributed by atoms with Crippen molar-refractivity contribution in [3.63, 3.8) is 0 Å². The Morgan fingerprint density at radius 2 is 1.73 bits per heavy atom. The zero-order chi connectivity index (χ0) is 24.5. The van der Waals surface area contributed by atoms with Crippen LogP contribution in [0, 0.1) is 0 Å². The maximum absolute atomic E-state index is 13.4. The second-order valence-corrected chi connectivity index (χ2v) is 8.88. The number of hydrogen-bond donors (Lipinski definition) is 1. The molecule has 1 N–H and O–H groups in total. The van der Waals surface area contributed by atoms with Crippen molar-refractivity contribution in [1.29, 1.82) is 0 Å². The standard InChI is InChI=1S/C25H32Cl2N2O4/c1-6-21(25(31)28-16(2)3)29(15-18-9-10-19(26)14-20(18)27)24(30)12-8-17-7-11-22(32-4)23(13-17)33-5/h7,9-11,13-14,16,21H,6,8,12,15H2,1-5H3,(H,28,31). The third-order valence-corrected chi connectivity index (χ3v) is 5.84. The molecular weight excluding hydrogens is 463 g/mol. The van der Waals surface area contributed by atoms with E-state index in [1.54, 1.807) is 37.3 Å². The predicted octanol–water partition coefficient (Wildman–Crippen LogP) is 5.28. The summed E-state index contributed by atoms with van der Waals surface area (Å²) in [5.74, 6) is 0.914. The van der Waals surface area contributed by atoms with Gasteiger partial charge in [0.25, 0.3) is 0 Å². The van der Waals surface area contributed by atoms with Crippen LogP contribution in [-0.2, 0) is 22.6 Å². The lowest BCUT2D eigenvalue weighted by Gasteiger charge is -2.31. The van der Waals surface area contributed by atoms with Crippen LogP contribution >= 0.6 is 23.2 Å². The number of rotatable bonds is 11. The SMILES string of the molecule is CCC(C(=O)NC(C)C)N(Cc1ccc(Cl)cc1Cl)C(=O)CCc1ccc(OC)c(OC)c1. The van der Waals surface area contributed by atoms with Gasteiger partial charge in [0.15, 0.2) is 11.5 Å². The Morgan fingerprint density at radius 1 is 1.03 bits per heavy atom. The Balaban J connectivity index is 2.27. The van der Waals surface area contributed by atoms with Crippen LogP contribution in [0.1, 0.15) is 44.7 Å². The normalized spacial score (nSPS) is 11.8. The zero-order valence-corrected chi connectivity index (χ0v) is 21.3. The number of carbonyl (C=O) groups excluding carboxylic acids is 2. The van der Waals surface area contributed by atoms with Gasteiger partial charge in [0, 0.05) is 29.1 Å². The molecule has 0 bridgehead atoms. The number of halogens is 2. The van der Waals surface area contributed by atoms with E-state index in [0.29, 0.717) is 34.4 Å². The highest BCUT2D eigenvalue weighted by molar-refractivity contribution is 6.35. The van der Waals surface area contributed by atoms with Gasteiger partial charge < -0.3 is 19.7 Å². The van der Waals surface area contributed by atoms with E-state index in [1.807, 2.05) is 39.0 Å². The lowest BCUT2D eigenvalue weighted by Crippen LogP contribution is -2.50. The molecule has 8 heteroatoms. The van der Waals surface area contributed by atoms with Crippen LogP contribution in [0.3, 0.4) is 0 Å². The highest BCUT2D eigenvalue weighted by atomic mass is 35.5. The van der Waals surface area contributed by atoms with Gasteiger partial charge in [0.1, 0.15) is 6.04 Å². The van der Waals surface area contributed by atoms with E-state index in [0.717, 1.165) is 11.1 Å². The van der Waals surface area contributed by atoms with E-state index in [9.17, 15) is 9.59 Å². The molecule has 0 saturated carbocycles. The maximum atomic E-state index is 13.4. The first-order valence-corrected chi connectivity index (χ1v) is 11.7. The zero-order valence-electron chi connectivity index (χ0n) is 19.8. The molecule has 1 atom stereocenters. The van der Waals surface area contributed by atoms with E-state index < -0.39 is 6.04 Å². The van der Waals surface area contributed by atoms with Crippen molar-refractivity contribution in [2.75, 3.05) is 14.2 Å². The number of aryl methyl sites for hydroxylation is 1. The summed E-state index contributed by atoms with van der Waals surface area (Å²) in [6, 6.07) is 10.1. The average molecular weight is 495 g/mol. The molecule has 2 rings (SSSR count). The number of nitrogens with zero attached hydrogens (tertiary/aromatic N) is 1. The Labute approximate surface area is 206 Å². The fourth-order valence-electron chi connectivity index (χ4n) is 3.56. The van der Waals surface area contributed by atoms with Crippen molar-refractivity contribution in [1.82, 2.24) is 10.2 Å². The molecule has 2 amide bonds.